The second-order valence-corrected chi connectivity index (χ2v) is 3.99. The summed E-state index contributed by atoms with van der Waals surface area (Å²) < 4.78 is 9.85. The molecule has 7 heteroatoms. The molecule has 1 amide bonds. The monoisotopic (exact) mass is 250 g/mol. The average molecular weight is 250 g/mol. The summed E-state index contributed by atoms with van der Waals surface area (Å²) >= 11 is 0. The Morgan fingerprint density at radius 1 is 1.44 bits per heavy atom. The third kappa shape index (κ3) is 1.65. The molecule has 7 nitrogen and oxygen atoms in total. The SMILES string of the molecule is O=C1O[C@@H](CO)CN1c1ccc2[nH]c(=O)oc2c1. The molecule has 2 heterocycles. The number of aromatic nitrogens is 1. The second-order valence-electron chi connectivity index (χ2n) is 3.99. The Balaban J connectivity index is 1.99. The lowest BCUT2D eigenvalue weighted by atomic mass is 10.2. The fourth-order valence-corrected chi connectivity index (χ4v) is 1.93. The number of aliphatic hydroxyl groups is 1. The molecule has 2 N–H and O–H groups in total. The van der Waals surface area contributed by atoms with Crippen LogP contribution in [0.4, 0.5) is 10.5 Å². The van der Waals surface area contributed by atoms with Crippen molar-refractivity contribution in [1.29, 1.82) is 0 Å². The number of nitrogens with zero attached hydrogens (tertiary/aromatic N) is 1. The predicted molar refractivity (Wildman–Crippen MR) is 61.5 cm³/mol. The summed E-state index contributed by atoms with van der Waals surface area (Å²) in [4.78, 5) is 26.5. The maximum absolute atomic E-state index is 11.6. The Morgan fingerprint density at radius 3 is 3.00 bits per heavy atom. The predicted octanol–water partition coefficient (Wildman–Crippen LogP) is 0.439. The molecule has 1 aliphatic heterocycles. The van der Waals surface area contributed by atoms with Crippen LogP contribution in [0.25, 0.3) is 11.1 Å². The standard InChI is InChI=1S/C11H10N2O5/c14-5-7-4-13(11(16)17-7)6-1-2-8-9(3-6)18-10(15)12-8/h1-3,7,14H,4-5H2,(H,12,15)/t7-/m1/s1. The van der Waals surface area contributed by atoms with E-state index < -0.39 is 18.0 Å². The molecule has 1 fully saturated rings. The molecule has 1 saturated heterocycles. The van der Waals surface area contributed by atoms with Gasteiger partial charge < -0.3 is 14.3 Å². The van der Waals surface area contributed by atoms with Crippen molar-refractivity contribution >= 4 is 22.9 Å². The first kappa shape index (κ1) is 10.8. The van der Waals surface area contributed by atoms with Crippen molar-refractivity contribution in [3.05, 3.63) is 28.7 Å². The number of carbonyl (C=O) groups is 1. The minimum absolute atomic E-state index is 0.219. The summed E-state index contributed by atoms with van der Waals surface area (Å²) in [5.74, 6) is -0.542. The van der Waals surface area contributed by atoms with E-state index in [2.05, 4.69) is 4.98 Å². The minimum atomic E-state index is -0.542. The number of rotatable bonds is 2. The van der Waals surface area contributed by atoms with Gasteiger partial charge >= 0.3 is 11.8 Å². The van der Waals surface area contributed by atoms with Gasteiger partial charge in [0, 0.05) is 6.07 Å². The Morgan fingerprint density at radius 2 is 2.28 bits per heavy atom. The Bertz CT molecular complexity index is 659. The maximum atomic E-state index is 11.6. The van der Waals surface area contributed by atoms with E-state index in [1.807, 2.05) is 0 Å². The molecule has 0 saturated carbocycles. The fourth-order valence-electron chi connectivity index (χ4n) is 1.93. The third-order valence-electron chi connectivity index (χ3n) is 2.79. The van der Waals surface area contributed by atoms with Gasteiger partial charge in [0.25, 0.3) is 0 Å². The van der Waals surface area contributed by atoms with Crippen LogP contribution in [0.15, 0.2) is 27.4 Å². The van der Waals surface area contributed by atoms with Gasteiger partial charge in [0.1, 0.15) is 6.10 Å². The number of benzene rings is 1. The molecule has 0 radical (unpaired) electrons. The molecule has 0 aliphatic carbocycles. The second kappa shape index (κ2) is 3.88. The number of fused-ring (bicyclic) bond motifs is 1. The Hall–Kier alpha value is -2.28. The van der Waals surface area contributed by atoms with E-state index in [0.717, 1.165) is 0 Å². The largest absolute Gasteiger partial charge is 0.441 e. The topological polar surface area (TPSA) is 95.8 Å². The smallest absolute Gasteiger partial charge is 0.417 e. The number of aliphatic hydroxyl groups excluding tert-OH is 1. The molecule has 2 aromatic rings. The number of amides is 1. The van der Waals surface area contributed by atoms with Crippen molar-refractivity contribution in [2.75, 3.05) is 18.1 Å². The number of ether oxygens (including phenoxy) is 1. The average Bonchev–Trinajstić information content (AvgIpc) is 2.89. The first-order valence-electron chi connectivity index (χ1n) is 5.39. The molecule has 1 aliphatic rings. The summed E-state index contributed by atoms with van der Waals surface area (Å²) in [5, 5.41) is 8.95. The molecule has 1 atom stereocenters. The summed E-state index contributed by atoms with van der Waals surface area (Å²) in [5.41, 5.74) is 1.50. The molecule has 3 rings (SSSR count). The van der Waals surface area contributed by atoms with Crippen molar-refractivity contribution in [2.45, 2.75) is 6.10 Å². The lowest BCUT2D eigenvalue weighted by molar-refractivity contribution is 0.0963. The van der Waals surface area contributed by atoms with Gasteiger partial charge in [-0.05, 0) is 12.1 Å². The minimum Gasteiger partial charge on any atom is -0.441 e. The number of cyclic esters (lactones) is 1. The lowest BCUT2D eigenvalue weighted by Gasteiger charge is -2.12. The van der Waals surface area contributed by atoms with Crippen molar-refractivity contribution in [2.24, 2.45) is 0 Å². The molecule has 0 bridgehead atoms. The molecule has 0 spiro atoms. The molecular weight excluding hydrogens is 240 g/mol. The zero-order chi connectivity index (χ0) is 12.7. The van der Waals surface area contributed by atoms with Gasteiger partial charge in [0.15, 0.2) is 5.58 Å². The number of carbonyl (C=O) groups excluding carboxylic acids is 1. The van der Waals surface area contributed by atoms with E-state index in [0.29, 0.717) is 16.8 Å². The highest BCUT2D eigenvalue weighted by atomic mass is 16.6. The zero-order valence-electron chi connectivity index (χ0n) is 9.25. The number of aromatic amines is 1. The van der Waals surface area contributed by atoms with Crippen molar-refractivity contribution in [3.8, 4) is 0 Å². The van der Waals surface area contributed by atoms with Crippen LogP contribution < -0.4 is 10.7 Å². The van der Waals surface area contributed by atoms with Gasteiger partial charge in [-0.15, -0.1) is 0 Å². The van der Waals surface area contributed by atoms with Gasteiger partial charge in [0.05, 0.1) is 24.4 Å². The summed E-state index contributed by atoms with van der Waals surface area (Å²) in [6.45, 7) is 0.0548. The Labute approximate surface area is 101 Å². The van der Waals surface area contributed by atoms with Crippen molar-refractivity contribution < 1.29 is 19.1 Å². The fraction of sp³-hybridized carbons (Fsp3) is 0.273. The highest BCUT2D eigenvalue weighted by Crippen LogP contribution is 2.24. The molecule has 0 unspecified atom stereocenters. The van der Waals surface area contributed by atoms with E-state index in [9.17, 15) is 9.59 Å². The van der Waals surface area contributed by atoms with Crippen LogP contribution in [-0.2, 0) is 4.74 Å². The van der Waals surface area contributed by atoms with E-state index in [1.54, 1.807) is 18.2 Å². The molecule has 94 valence electrons. The summed E-state index contributed by atoms with van der Waals surface area (Å²) in [6, 6.07) is 4.90. The van der Waals surface area contributed by atoms with Crippen LogP contribution in [0, 0.1) is 0 Å². The van der Waals surface area contributed by atoms with Gasteiger partial charge in [-0.3, -0.25) is 9.88 Å². The van der Waals surface area contributed by atoms with Crippen LogP contribution >= 0.6 is 0 Å². The van der Waals surface area contributed by atoms with Crippen LogP contribution in [-0.4, -0.2) is 35.4 Å². The highest BCUT2D eigenvalue weighted by molar-refractivity contribution is 5.92. The van der Waals surface area contributed by atoms with Gasteiger partial charge in [0.2, 0.25) is 0 Å². The molecule has 1 aromatic heterocycles. The molecular formula is C11H10N2O5. The quantitative estimate of drug-likeness (QED) is 0.806. The van der Waals surface area contributed by atoms with E-state index in [1.165, 1.54) is 4.90 Å². The highest BCUT2D eigenvalue weighted by Gasteiger charge is 2.31. The number of oxazole rings is 1. The lowest BCUT2D eigenvalue weighted by Crippen LogP contribution is -2.25. The van der Waals surface area contributed by atoms with Crippen LogP contribution in [0.3, 0.4) is 0 Å². The van der Waals surface area contributed by atoms with Crippen molar-refractivity contribution in [1.82, 2.24) is 4.98 Å². The molecule has 1 aromatic carbocycles. The first-order valence-corrected chi connectivity index (χ1v) is 5.39. The number of anilines is 1. The summed E-state index contributed by atoms with van der Waals surface area (Å²) in [7, 11) is 0. The van der Waals surface area contributed by atoms with Crippen LogP contribution in [0.1, 0.15) is 0 Å². The van der Waals surface area contributed by atoms with E-state index in [4.69, 9.17) is 14.3 Å². The van der Waals surface area contributed by atoms with Crippen LogP contribution in [0.5, 0.6) is 0 Å². The zero-order valence-corrected chi connectivity index (χ0v) is 9.25. The number of nitrogens with one attached hydrogen (secondary N) is 1. The van der Waals surface area contributed by atoms with Crippen LogP contribution in [0.2, 0.25) is 0 Å². The van der Waals surface area contributed by atoms with E-state index >= 15 is 0 Å². The van der Waals surface area contributed by atoms with E-state index in [-0.39, 0.29) is 13.2 Å². The molecule has 18 heavy (non-hydrogen) atoms. The van der Waals surface area contributed by atoms with Crippen molar-refractivity contribution in [3.63, 3.8) is 0 Å². The third-order valence-corrected chi connectivity index (χ3v) is 2.79. The van der Waals surface area contributed by atoms with Gasteiger partial charge in [-0.2, -0.15) is 0 Å². The summed E-state index contributed by atoms with van der Waals surface area (Å²) in [6.07, 6.45) is -1.04. The maximum Gasteiger partial charge on any atom is 0.417 e. The number of hydrogen-bond donors (Lipinski definition) is 2. The normalized spacial score (nSPS) is 19.5. The number of hydrogen-bond acceptors (Lipinski definition) is 5. The van der Waals surface area contributed by atoms with Gasteiger partial charge in [-0.25, -0.2) is 9.59 Å². The number of H-pyrrole nitrogens is 1. The Kier molecular flexibility index (Phi) is 2.34. The first-order chi connectivity index (χ1) is 8.67. The van der Waals surface area contributed by atoms with Gasteiger partial charge in [-0.1, -0.05) is 0 Å².